The van der Waals surface area contributed by atoms with Crippen LogP contribution in [0.4, 0.5) is 0 Å². The summed E-state index contributed by atoms with van der Waals surface area (Å²) >= 11 is -3.42. The monoisotopic (exact) mass is 968 g/mol. The molecule has 71 heavy (non-hydrogen) atoms. The molecular weight excluding hydrogens is 917 g/mol. The van der Waals surface area contributed by atoms with Gasteiger partial charge < -0.3 is 4.57 Å². The van der Waals surface area contributed by atoms with Gasteiger partial charge in [-0.25, -0.2) is 0 Å². The van der Waals surface area contributed by atoms with E-state index < -0.39 is 13.3 Å². The van der Waals surface area contributed by atoms with Gasteiger partial charge in [0, 0.05) is 16.5 Å². The summed E-state index contributed by atoms with van der Waals surface area (Å²) in [5, 5.41) is 4.99. The zero-order valence-corrected chi connectivity index (χ0v) is 41.6. The predicted molar refractivity (Wildman–Crippen MR) is 303 cm³/mol. The van der Waals surface area contributed by atoms with Gasteiger partial charge in [-0.2, -0.15) is 0 Å². The van der Waals surface area contributed by atoms with Crippen LogP contribution in [-0.4, -0.2) is 22.4 Å². The number of hydrogen-bond donors (Lipinski definition) is 0. The minimum absolute atomic E-state index is 0.00109. The average Bonchev–Trinajstić information content (AvgIpc) is 3.95. The van der Waals surface area contributed by atoms with E-state index >= 15 is 0 Å². The van der Waals surface area contributed by atoms with Gasteiger partial charge in [-0.05, 0) is 37.3 Å². The van der Waals surface area contributed by atoms with Gasteiger partial charge in [0.1, 0.15) is 0 Å². The molecule has 0 radical (unpaired) electrons. The van der Waals surface area contributed by atoms with Gasteiger partial charge in [0.05, 0.1) is 11.0 Å². The molecule has 13 aromatic rings. The zero-order chi connectivity index (χ0) is 47.3. The van der Waals surface area contributed by atoms with E-state index in [1.807, 2.05) is 0 Å². The third-order valence-corrected chi connectivity index (χ3v) is 24.9. The molecule has 11 aromatic carbocycles. The fourth-order valence-electron chi connectivity index (χ4n) is 11.6. The van der Waals surface area contributed by atoms with Crippen molar-refractivity contribution in [3.05, 3.63) is 301 Å². The molecular formula is C68H50GeN2. The normalized spacial score (nSPS) is 12.2. The van der Waals surface area contributed by atoms with E-state index in [-0.39, 0.29) is 5.92 Å². The first-order valence-corrected chi connectivity index (χ1v) is 28.9. The van der Waals surface area contributed by atoms with E-state index in [4.69, 9.17) is 0 Å². The van der Waals surface area contributed by atoms with Gasteiger partial charge in [-0.15, -0.1) is 0 Å². The maximum atomic E-state index is 2.48. The Kier molecular flexibility index (Phi) is 10.7. The van der Waals surface area contributed by atoms with Crippen LogP contribution in [0.25, 0.3) is 66.1 Å². The molecule has 0 fully saturated rings. The molecule has 2 aromatic heterocycles. The molecule has 0 spiro atoms. The van der Waals surface area contributed by atoms with Crippen molar-refractivity contribution in [2.45, 2.75) is 12.8 Å². The van der Waals surface area contributed by atoms with Crippen LogP contribution in [-0.2, 0) is 0 Å². The van der Waals surface area contributed by atoms with Crippen molar-refractivity contribution in [2.75, 3.05) is 0 Å². The van der Waals surface area contributed by atoms with E-state index in [0.29, 0.717) is 0 Å². The fraction of sp³-hybridized carbons (Fsp3) is 0.0294. The van der Waals surface area contributed by atoms with E-state index in [1.54, 1.807) is 0 Å². The molecule has 0 saturated carbocycles. The van der Waals surface area contributed by atoms with E-state index in [0.717, 1.165) is 5.69 Å². The molecule has 336 valence electrons. The molecule has 1 unspecified atom stereocenters. The molecule has 0 aliphatic carbocycles. The van der Waals surface area contributed by atoms with Crippen LogP contribution < -0.4 is 17.6 Å². The Balaban J connectivity index is 0.985. The van der Waals surface area contributed by atoms with Crippen LogP contribution in [0.5, 0.6) is 0 Å². The van der Waals surface area contributed by atoms with Gasteiger partial charge in [0.15, 0.2) is 0 Å². The van der Waals surface area contributed by atoms with Gasteiger partial charge in [-0.1, -0.05) is 78.4 Å². The first kappa shape index (κ1) is 42.6. The number of aryl methyl sites for hydroxylation is 1. The quantitative estimate of drug-likeness (QED) is 0.0955. The van der Waals surface area contributed by atoms with Crippen LogP contribution in [0.3, 0.4) is 0 Å². The Labute approximate surface area is 417 Å². The molecule has 0 bridgehead atoms. The SMILES string of the molecule is Cc1ccc(C(c2ccc3c(c2)c2ccccc2n3-c2ccccc2)c2ccc3c(c2)c2cc(-c4cc[c]([Ge]([c]5ccccc5)([c]5ccccc5)[c]5ccccc5)cc4)ccc2n3-c2ccccc2)cc1. The summed E-state index contributed by atoms with van der Waals surface area (Å²) in [6.07, 6.45) is 0. The molecule has 3 heteroatoms. The van der Waals surface area contributed by atoms with Crippen molar-refractivity contribution in [3.63, 3.8) is 0 Å². The summed E-state index contributed by atoms with van der Waals surface area (Å²) in [6, 6.07) is 104. The van der Waals surface area contributed by atoms with Crippen LogP contribution in [0, 0.1) is 6.92 Å². The Morgan fingerprint density at radius 3 is 1.15 bits per heavy atom. The summed E-state index contributed by atoms with van der Waals surface area (Å²) in [5.41, 5.74) is 14.6. The number of para-hydroxylation sites is 3. The summed E-state index contributed by atoms with van der Waals surface area (Å²) in [6.45, 7) is 2.17. The second-order valence-corrected chi connectivity index (χ2v) is 26.9. The van der Waals surface area contributed by atoms with Crippen molar-refractivity contribution in [3.8, 4) is 22.5 Å². The first-order valence-electron chi connectivity index (χ1n) is 24.7. The smallest absolute Gasteiger partial charge is 0.0578 e. The van der Waals surface area contributed by atoms with Crippen molar-refractivity contribution in [1.82, 2.24) is 9.13 Å². The molecule has 0 aliphatic rings. The average molecular weight is 968 g/mol. The Morgan fingerprint density at radius 1 is 0.282 bits per heavy atom. The largest absolute Gasteiger partial charge is 0.0590 e. The second kappa shape index (κ2) is 17.8. The van der Waals surface area contributed by atoms with Gasteiger partial charge in [0.25, 0.3) is 0 Å². The van der Waals surface area contributed by atoms with Gasteiger partial charge in [-0.3, -0.25) is 0 Å². The zero-order valence-electron chi connectivity index (χ0n) is 39.5. The summed E-state index contributed by atoms with van der Waals surface area (Å²) in [4.78, 5) is 0. The van der Waals surface area contributed by atoms with Gasteiger partial charge in [0.2, 0.25) is 0 Å². The number of hydrogen-bond acceptors (Lipinski definition) is 0. The van der Waals surface area contributed by atoms with Crippen molar-refractivity contribution in [1.29, 1.82) is 0 Å². The van der Waals surface area contributed by atoms with Crippen LogP contribution in [0.1, 0.15) is 28.2 Å². The molecule has 0 N–H and O–H groups in total. The summed E-state index contributed by atoms with van der Waals surface area (Å²) in [7, 11) is 0. The molecule has 13 rings (SSSR count). The van der Waals surface area contributed by atoms with Crippen LogP contribution >= 0.6 is 0 Å². The maximum Gasteiger partial charge on any atom is -0.0578 e. The third kappa shape index (κ3) is 7.25. The van der Waals surface area contributed by atoms with Crippen LogP contribution in [0.2, 0.25) is 0 Å². The minimum Gasteiger partial charge on any atom is -0.0590 e. The third-order valence-electron chi connectivity index (χ3n) is 14.9. The van der Waals surface area contributed by atoms with Crippen molar-refractivity contribution < 1.29 is 0 Å². The Morgan fingerprint density at radius 2 is 0.648 bits per heavy atom. The molecule has 2 nitrogen and oxygen atoms in total. The van der Waals surface area contributed by atoms with E-state index in [9.17, 15) is 0 Å². The topological polar surface area (TPSA) is 9.86 Å². The minimum atomic E-state index is -3.42. The fourth-order valence-corrected chi connectivity index (χ4v) is 21.5. The number of aromatic nitrogens is 2. The Hall–Kier alpha value is -8.44. The Bertz CT molecular complexity index is 3910. The molecule has 0 amide bonds. The number of fused-ring (bicyclic) bond motifs is 6. The number of benzene rings is 11. The first-order chi connectivity index (χ1) is 35.1. The van der Waals surface area contributed by atoms with Crippen LogP contribution in [0.15, 0.2) is 279 Å². The maximum absolute atomic E-state index is 3.42. The molecule has 2 heterocycles. The number of rotatable bonds is 10. The predicted octanol–water partition coefficient (Wildman–Crippen LogP) is 14.4. The van der Waals surface area contributed by atoms with E-state index in [1.165, 1.54) is 100 Å². The summed E-state index contributed by atoms with van der Waals surface area (Å²) < 4.78 is 10.5. The second-order valence-electron chi connectivity index (χ2n) is 18.9. The molecule has 1 atom stereocenters. The number of nitrogens with zero attached hydrogens (tertiary/aromatic N) is 2. The summed E-state index contributed by atoms with van der Waals surface area (Å²) in [5.74, 6) is -0.00109. The molecule has 0 saturated heterocycles. The van der Waals surface area contributed by atoms with Crippen molar-refractivity contribution in [2.24, 2.45) is 0 Å². The van der Waals surface area contributed by atoms with Gasteiger partial charge >= 0.3 is 273 Å². The standard InChI is InChI=1S/C68H50GeN2/c1-48-31-33-50(34-32-48)68(52-38-43-65-61(46-52)60-29-17-18-30-64(60)70(65)58-25-13-5-14-26-58)53-39-44-67-63(47-53)62-45-51(37-42-66(62)71(67)59-27-15-6-16-28-59)49-35-40-57(41-36-49)69(54-19-7-2-8-20-54,55-21-9-3-10-22-55)56-23-11-4-12-24-56/h2-47,68H,1H3. The molecule has 0 aliphatic heterocycles. The van der Waals surface area contributed by atoms with E-state index in [2.05, 4.69) is 295 Å². The van der Waals surface area contributed by atoms with Crippen molar-refractivity contribution >= 4 is 74.5 Å².